The molecule has 0 aromatic rings. The number of carbonyl (C=O) groups excluding carboxylic acids is 1. The smallest absolute Gasteiger partial charge is 0.236 e. The fourth-order valence-corrected chi connectivity index (χ4v) is 2.61. The summed E-state index contributed by atoms with van der Waals surface area (Å²) < 4.78 is 24.4. The van der Waals surface area contributed by atoms with E-state index in [4.69, 9.17) is 5.73 Å². The highest BCUT2D eigenvalue weighted by Gasteiger charge is 2.26. The molecule has 7 heteroatoms. The van der Waals surface area contributed by atoms with Gasteiger partial charge < -0.3 is 10.6 Å². The molecule has 0 spiro atoms. The van der Waals surface area contributed by atoms with E-state index in [1.54, 1.807) is 11.8 Å². The number of piperazine rings is 1. The second-order valence-corrected chi connectivity index (χ2v) is 5.64. The highest BCUT2D eigenvalue weighted by Crippen LogP contribution is 2.07. The fourth-order valence-electron chi connectivity index (χ4n) is 1.53. The van der Waals surface area contributed by atoms with Crippen LogP contribution in [-0.2, 0) is 14.8 Å². The molecular weight excluding hydrogens is 218 g/mol. The summed E-state index contributed by atoms with van der Waals surface area (Å²) in [6, 6.07) is 0. The lowest BCUT2D eigenvalue weighted by Gasteiger charge is -2.33. The predicted molar refractivity (Wildman–Crippen MR) is 56.7 cm³/mol. The molecule has 0 saturated carbocycles. The van der Waals surface area contributed by atoms with Crippen LogP contribution in [0, 0.1) is 0 Å². The van der Waals surface area contributed by atoms with Gasteiger partial charge in [0.25, 0.3) is 0 Å². The van der Waals surface area contributed by atoms with E-state index in [0.717, 1.165) is 0 Å². The molecule has 0 aromatic carbocycles. The van der Waals surface area contributed by atoms with Gasteiger partial charge in [0, 0.05) is 26.2 Å². The number of nitrogens with zero attached hydrogens (tertiary/aromatic N) is 2. The van der Waals surface area contributed by atoms with E-state index in [-0.39, 0.29) is 18.2 Å². The Morgan fingerprint density at radius 1 is 1.27 bits per heavy atom. The molecule has 1 aliphatic heterocycles. The minimum atomic E-state index is -3.11. The number of rotatable bonds is 3. The summed E-state index contributed by atoms with van der Waals surface area (Å²) in [4.78, 5) is 12.8. The van der Waals surface area contributed by atoms with Crippen molar-refractivity contribution in [3.63, 3.8) is 0 Å². The molecule has 1 rings (SSSR count). The molecule has 1 heterocycles. The fraction of sp³-hybridized carbons (Fsp3) is 0.875. The summed E-state index contributed by atoms with van der Waals surface area (Å²) in [5, 5.41) is 0. The SMILES string of the molecule is CCS(=O)(=O)N1CCN(C(=O)CN)CC1. The summed E-state index contributed by atoms with van der Waals surface area (Å²) >= 11 is 0. The van der Waals surface area contributed by atoms with Crippen LogP contribution in [0.4, 0.5) is 0 Å². The van der Waals surface area contributed by atoms with Crippen molar-refractivity contribution >= 4 is 15.9 Å². The summed E-state index contributed by atoms with van der Waals surface area (Å²) in [6.07, 6.45) is 0. The van der Waals surface area contributed by atoms with Crippen LogP contribution in [-0.4, -0.2) is 62.0 Å². The van der Waals surface area contributed by atoms with Crippen molar-refractivity contribution < 1.29 is 13.2 Å². The monoisotopic (exact) mass is 235 g/mol. The van der Waals surface area contributed by atoms with Crippen molar-refractivity contribution in [2.24, 2.45) is 5.73 Å². The number of hydrogen-bond donors (Lipinski definition) is 1. The van der Waals surface area contributed by atoms with Crippen LogP contribution in [0.25, 0.3) is 0 Å². The van der Waals surface area contributed by atoms with Crippen molar-refractivity contribution in [2.75, 3.05) is 38.5 Å². The first kappa shape index (κ1) is 12.4. The molecule has 2 N–H and O–H groups in total. The van der Waals surface area contributed by atoms with Crippen molar-refractivity contribution in [2.45, 2.75) is 6.92 Å². The lowest BCUT2D eigenvalue weighted by atomic mass is 10.3. The van der Waals surface area contributed by atoms with Crippen molar-refractivity contribution in [1.82, 2.24) is 9.21 Å². The number of sulfonamides is 1. The highest BCUT2D eigenvalue weighted by molar-refractivity contribution is 7.89. The molecular formula is C8H17N3O3S. The van der Waals surface area contributed by atoms with Gasteiger partial charge in [-0.2, -0.15) is 4.31 Å². The second-order valence-electron chi connectivity index (χ2n) is 3.38. The van der Waals surface area contributed by atoms with Gasteiger partial charge in [0.2, 0.25) is 15.9 Å². The second kappa shape index (κ2) is 4.91. The molecule has 1 aliphatic rings. The van der Waals surface area contributed by atoms with Crippen LogP contribution < -0.4 is 5.73 Å². The van der Waals surface area contributed by atoms with E-state index in [0.29, 0.717) is 26.2 Å². The lowest BCUT2D eigenvalue weighted by molar-refractivity contribution is -0.130. The number of hydrogen-bond acceptors (Lipinski definition) is 4. The molecule has 0 atom stereocenters. The van der Waals surface area contributed by atoms with Gasteiger partial charge in [0.05, 0.1) is 12.3 Å². The first-order valence-corrected chi connectivity index (χ1v) is 6.58. The third kappa shape index (κ3) is 2.90. The Kier molecular flexibility index (Phi) is 4.06. The molecule has 1 saturated heterocycles. The largest absolute Gasteiger partial charge is 0.339 e. The van der Waals surface area contributed by atoms with Gasteiger partial charge in [0.1, 0.15) is 0 Å². The summed E-state index contributed by atoms with van der Waals surface area (Å²) in [6.45, 7) is 3.24. The van der Waals surface area contributed by atoms with Crippen LogP contribution in [0.5, 0.6) is 0 Å². The molecule has 15 heavy (non-hydrogen) atoms. The Morgan fingerprint density at radius 2 is 1.80 bits per heavy atom. The van der Waals surface area contributed by atoms with Gasteiger partial charge in [-0.25, -0.2) is 8.42 Å². The van der Waals surface area contributed by atoms with E-state index in [2.05, 4.69) is 0 Å². The molecule has 88 valence electrons. The number of amides is 1. The maximum Gasteiger partial charge on any atom is 0.236 e. The molecule has 0 aliphatic carbocycles. The molecule has 0 unspecified atom stereocenters. The maximum absolute atomic E-state index is 11.5. The first-order valence-electron chi connectivity index (χ1n) is 4.97. The van der Waals surface area contributed by atoms with Gasteiger partial charge in [-0.15, -0.1) is 0 Å². The predicted octanol–water partition coefficient (Wildman–Crippen LogP) is -1.56. The third-order valence-electron chi connectivity index (χ3n) is 2.52. The lowest BCUT2D eigenvalue weighted by Crippen LogP contribution is -2.52. The normalized spacial score (nSPS) is 19.2. The van der Waals surface area contributed by atoms with Gasteiger partial charge in [-0.3, -0.25) is 4.79 Å². The Hall–Kier alpha value is -0.660. The summed E-state index contributed by atoms with van der Waals surface area (Å²) in [5.74, 6) is -0.0128. The van der Waals surface area contributed by atoms with Gasteiger partial charge in [-0.1, -0.05) is 0 Å². The third-order valence-corrected chi connectivity index (χ3v) is 4.41. The van der Waals surface area contributed by atoms with Crippen LogP contribution in [0.15, 0.2) is 0 Å². The molecule has 0 aromatic heterocycles. The van der Waals surface area contributed by atoms with Crippen molar-refractivity contribution in [1.29, 1.82) is 0 Å². The van der Waals surface area contributed by atoms with Gasteiger partial charge in [-0.05, 0) is 6.92 Å². The van der Waals surface area contributed by atoms with E-state index in [9.17, 15) is 13.2 Å². The van der Waals surface area contributed by atoms with Crippen LogP contribution in [0.3, 0.4) is 0 Å². The standard InChI is InChI=1S/C8H17N3O3S/c1-2-15(13,14)11-5-3-10(4-6-11)8(12)7-9/h2-7,9H2,1H3. The summed E-state index contributed by atoms with van der Waals surface area (Å²) in [7, 11) is -3.11. The topological polar surface area (TPSA) is 83.7 Å². The highest BCUT2D eigenvalue weighted by atomic mass is 32.2. The number of carbonyl (C=O) groups is 1. The van der Waals surface area contributed by atoms with E-state index in [1.807, 2.05) is 0 Å². The van der Waals surface area contributed by atoms with E-state index in [1.165, 1.54) is 4.31 Å². The molecule has 0 radical (unpaired) electrons. The van der Waals surface area contributed by atoms with E-state index < -0.39 is 10.0 Å². The molecule has 1 amide bonds. The average Bonchev–Trinajstić information content (AvgIpc) is 2.28. The van der Waals surface area contributed by atoms with Gasteiger partial charge in [0.15, 0.2) is 0 Å². The Labute approximate surface area is 90.1 Å². The maximum atomic E-state index is 11.5. The zero-order valence-corrected chi connectivity index (χ0v) is 9.66. The quantitative estimate of drug-likeness (QED) is 0.641. The Bertz CT molecular complexity index is 320. The zero-order chi connectivity index (χ0) is 11.5. The van der Waals surface area contributed by atoms with E-state index >= 15 is 0 Å². The van der Waals surface area contributed by atoms with Gasteiger partial charge >= 0.3 is 0 Å². The van der Waals surface area contributed by atoms with Crippen molar-refractivity contribution in [3.8, 4) is 0 Å². The van der Waals surface area contributed by atoms with Crippen LogP contribution >= 0.6 is 0 Å². The summed E-state index contributed by atoms with van der Waals surface area (Å²) in [5.41, 5.74) is 5.23. The average molecular weight is 235 g/mol. The van der Waals surface area contributed by atoms with Crippen molar-refractivity contribution in [3.05, 3.63) is 0 Å². The minimum absolute atomic E-state index is 0.0134. The minimum Gasteiger partial charge on any atom is -0.339 e. The molecule has 6 nitrogen and oxygen atoms in total. The Morgan fingerprint density at radius 3 is 2.20 bits per heavy atom. The number of nitrogens with two attached hydrogens (primary N) is 1. The Balaban J connectivity index is 2.53. The van der Waals surface area contributed by atoms with Crippen LogP contribution in [0.2, 0.25) is 0 Å². The van der Waals surface area contributed by atoms with Crippen LogP contribution in [0.1, 0.15) is 6.92 Å². The molecule has 1 fully saturated rings. The first-order chi connectivity index (χ1) is 7.01. The zero-order valence-electron chi connectivity index (χ0n) is 8.85. The molecule has 0 bridgehead atoms.